The molecule has 2 N–H and O–H groups in total. The topological polar surface area (TPSA) is 72.2 Å². The Bertz CT molecular complexity index is 343. The van der Waals surface area contributed by atoms with Gasteiger partial charge in [-0.2, -0.15) is 0 Å². The van der Waals surface area contributed by atoms with Gasteiger partial charge in [0.15, 0.2) is 0 Å². The zero-order valence-electron chi connectivity index (χ0n) is 17.0. The first-order valence-electron chi connectivity index (χ1n) is 8.74. The maximum absolute atomic E-state index is 6.25. The smallest absolute Gasteiger partial charge is 0.138 e. The molecule has 0 aliphatic rings. The van der Waals surface area contributed by atoms with Gasteiger partial charge in [-0.3, -0.25) is 0 Å². The number of methoxy groups -OCH3 is 5. The molecule has 0 rings (SSSR count). The standard InChI is InChI=1S/C17H39NO5P2/c1-8-10-16(24,22-6)13(19-3)15(12-18,21-5)14(20-4)17(25,23-7)11-9-2/h13-14H,8-12,18,24-25H2,1-7H3. The van der Waals surface area contributed by atoms with E-state index in [1.54, 1.807) is 35.5 Å². The Balaban J connectivity index is 6.30. The third-order valence-electron chi connectivity index (χ3n) is 4.99. The fraction of sp³-hybridized carbons (Fsp3) is 1.00. The Hall–Kier alpha value is 0.620. The largest absolute Gasteiger partial charge is 0.375 e. The van der Waals surface area contributed by atoms with Gasteiger partial charge in [-0.1, -0.05) is 26.7 Å². The van der Waals surface area contributed by atoms with Crippen LogP contribution in [0, 0.1) is 0 Å². The van der Waals surface area contributed by atoms with Crippen molar-refractivity contribution in [1.29, 1.82) is 0 Å². The predicted molar refractivity (Wildman–Crippen MR) is 109 cm³/mol. The molecule has 0 saturated carbocycles. The van der Waals surface area contributed by atoms with E-state index in [2.05, 4.69) is 32.3 Å². The van der Waals surface area contributed by atoms with E-state index < -0.39 is 28.5 Å². The van der Waals surface area contributed by atoms with E-state index in [0.717, 1.165) is 25.7 Å². The van der Waals surface area contributed by atoms with E-state index >= 15 is 0 Å². The van der Waals surface area contributed by atoms with Crippen molar-refractivity contribution in [3.63, 3.8) is 0 Å². The molecule has 0 aliphatic heterocycles. The molecule has 0 fully saturated rings. The van der Waals surface area contributed by atoms with Gasteiger partial charge >= 0.3 is 0 Å². The summed E-state index contributed by atoms with van der Waals surface area (Å²) in [5, 5.41) is -1.33. The minimum absolute atomic E-state index is 0.187. The summed E-state index contributed by atoms with van der Waals surface area (Å²) in [6, 6.07) is 0. The summed E-state index contributed by atoms with van der Waals surface area (Å²) in [5.74, 6) is 0. The summed E-state index contributed by atoms with van der Waals surface area (Å²) in [7, 11) is 13.8. The molecule has 0 aliphatic carbocycles. The molecule has 0 aromatic carbocycles. The van der Waals surface area contributed by atoms with Gasteiger partial charge in [-0.25, -0.2) is 0 Å². The molecule has 0 bridgehead atoms. The van der Waals surface area contributed by atoms with Crippen LogP contribution >= 0.6 is 18.5 Å². The van der Waals surface area contributed by atoms with Crippen LogP contribution in [0.1, 0.15) is 39.5 Å². The molecule has 8 heteroatoms. The molecular formula is C17H39NO5P2. The van der Waals surface area contributed by atoms with Crippen molar-refractivity contribution in [1.82, 2.24) is 0 Å². The fourth-order valence-electron chi connectivity index (χ4n) is 3.74. The van der Waals surface area contributed by atoms with Gasteiger partial charge in [0.25, 0.3) is 0 Å². The third-order valence-corrected chi connectivity index (χ3v) is 6.64. The lowest BCUT2D eigenvalue weighted by molar-refractivity contribution is -0.244. The first-order valence-corrected chi connectivity index (χ1v) is 9.89. The van der Waals surface area contributed by atoms with Crippen LogP contribution in [-0.2, 0) is 23.7 Å². The van der Waals surface area contributed by atoms with Crippen LogP contribution in [0.15, 0.2) is 0 Å². The fourth-order valence-corrected chi connectivity index (χ4v) is 5.15. The summed E-state index contributed by atoms with van der Waals surface area (Å²) >= 11 is 0. The quantitative estimate of drug-likeness (QED) is 0.452. The molecule has 6 nitrogen and oxygen atoms in total. The van der Waals surface area contributed by atoms with E-state index in [0.29, 0.717) is 0 Å². The lowest BCUT2D eigenvalue weighted by Gasteiger charge is -2.53. The van der Waals surface area contributed by atoms with Gasteiger partial charge in [0.05, 0.1) is 0 Å². The van der Waals surface area contributed by atoms with Crippen LogP contribution in [-0.4, -0.2) is 70.6 Å². The first kappa shape index (κ1) is 25.6. The van der Waals surface area contributed by atoms with Crippen LogP contribution in [0.3, 0.4) is 0 Å². The highest BCUT2D eigenvalue weighted by Crippen LogP contribution is 2.45. The molecule has 152 valence electrons. The maximum atomic E-state index is 6.25. The Morgan fingerprint density at radius 3 is 1.28 bits per heavy atom. The van der Waals surface area contributed by atoms with E-state index in [1.807, 2.05) is 0 Å². The van der Waals surface area contributed by atoms with Crippen LogP contribution < -0.4 is 5.73 Å². The molecule has 0 spiro atoms. The molecule has 0 saturated heterocycles. The number of hydrogen-bond donors (Lipinski definition) is 1. The Morgan fingerprint density at radius 1 is 0.760 bits per heavy atom. The lowest BCUT2D eigenvalue weighted by atomic mass is 9.80. The summed E-state index contributed by atoms with van der Waals surface area (Å²) in [5.41, 5.74) is 5.28. The number of rotatable bonds is 14. The highest BCUT2D eigenvalue weighted by Gasteiger charge is 2.59. The second kappa shape index (κ2) is 11.5. The van der Waals surface area contributed by atoms with Crippen molar-refractivity contribution >= 4 is 18.5 Å². The normalized spacial score (nSPS) is 21.8. The average Bonchev–Trinajstić information content (AvgIpc) is 2.61. The van der Waals surface area contributed by atoms with Gasteiger partial charge in [-0.05, 0) is 12.8 Å². The van der Waals surface area contributed by atoms with Crippen LogP contribution in [0.4, 0.5) is 0 Å². The Morgan fingerprint density at radius 2 is 1.12 bits per heavy atom. The number of hydrogen-bond acceptors (Lipinski definition) is 6. The van der Waals surface area contributed by atoms with Gasteiger partial charge < -0.3 is 29.4 Å². The minimum atomic E-state index is -0.969. The Labute approximate surface area is 158 Å². The SMILES string of the molecule is CCCC(P)(OC)C(OC)C(CN)(OC)C(OC)C(P)(CCC)OC. The van der Waals surface area contributed by atoms with Crippen LogP contribution in [0.25, 0.3) is 0 Å². The van der Waals surface area contributed by atoms with Gasteiger partial charge in [0.1, 0.15) is 28.5 Å². The molecule has 25 heavy (non-hydrogen) atoms. The molecule has 6 unspecified atom stereocenters. The van der Waals surface area contributed by atoms with E-state index in [9.17, 15) is 0 Å². The second-order valence-corrected chi connectivity index (χ2v) is 8.37. The third kappa shape index (κ3) is 5.33. The van der Waals surface area contributed by atoms with Gasteiger partial charge in [-0.15, -0.1) is 18.5 Å². The van der Waals surface area contributed by atoms with Crippen LogP contribution in [0.2, 0.25) is 0 Å². The number of nitrogens with two attached hydrogens (primary N) is 1. The highest BCUT2D eigenvalue weighted by atomic mass is 31.0. The first-order chi connectivity index (χ1) is 11.7. The highest BCUT2D eigenvalue weighted by molar-refractivity contribution is 7.19. The monoisotopic (exact) mass is 399 g/mol. The molecular weight excluding hydrogens is 360 g/mol. The molecule has 0 radical (unpaired) electrons. The summed E-state index contributed by atoms with van der Waals surface area (Å²) in [6.07, 6.45) is 2.40. The van der Waals surface area contributed by atoms with Crippen molar-refractivity contribution < 1.29 is 23.7 Å². The van der Waals surface area contributed by atoms with E-state index in [-0.39, 0.29) is 6.54 Å². The van der Waals surface area contributed by atoms with Crippen LogP contribution in [0.5, 0.6) is 0 Å². The molecule has 0 heterocycles. The second-order valence-electron chi connectivity index (χ2n) is 6.41. The van der Waals surface area contributed by atoms with Crippen molar-refractivity contribution in [2.45, 2.75) is 68.0 Å². The summed E-state index contributed by atoms with van der Waals surface area (Å²) in [6.45, 7) is 4.38. The van der Waals surface area contributed by atoms with E-state index in [1.165, 1.54) is 0 Å². The van der Waals surface area contributed by atoms with Crippen molar-refractivity contribution in [3.05, 3.63) is 0 Å². The zero-order chi connectivity index (χ0) is 19.7. The molecule has 0 aromatic heterocycles. The average molecular weight is 399 g/mol. The van der Waals surface area contributed by atoms with Crippen molar-refractivity contribution in [3.8, 4) is 0 Å². The number of ether oxygens (including phenoxy) is 5. The maximum Gasteiger partial charge on any atom is 0.138 e. The predicted octanol–water partition coefficient (Wildman–Crippen LogP) is 2.40. The zero-order valence-corrected chi connectivity index (χ0v) is 19.3. The molecule has 0 amide bonds. The molecule has 6 atom stereocenters. The van der Waals surface area contributed by atoms with Gasteiger partial charge in [0.2, 0.25) is 0 Å². The van der Waals surface area contributed by atoms with Gasteiger partial charge in [0, 0.05) is 42.1 Å². The molecule has 0 aromatic rings. The van der Waals surface area contributed by atoms with E-state index in [4.69, 9.17) is 29.4 Å². The van der Waals surface area contributed by atoms with Crippen molar-refractivity contribution in [2.24, 2.45) is 5.73 Å². The lowest BCUT2D eigenvalue weighted by Crippen LogP contribution is -2.70. The summed E-state index contributed by atoms with van der Waals surface area (Å²) < 4.78 is 29.5. The Kier molecular flexibility index (Phi) is 11.7. The summed E-state index contributed by atoms with van der Waals surface area (Å²) in [4.78, 5) is 0. The minimum Gasteiger partial charge on any atom is -0.375 e. The van der Waals surface area contributed by atoms with Crippen molar-refractivity contribution in [2.75, 3.05) is 42.1 Å².